The predicted octanol–water partition coefficient (Wildman–Crippen LogP) is 3.94. The van der Waals surface area contributed by atoms with Crippen molar-refractivity contribution in [3.05, 3.63) is 77.1 Å². The molecule has 0 saturated carbocycles. The highest BCUT2D eigenvalue weighted by atomic mass is 19.4. The zero-order valence-electron chi connectivity index (χ0n) is 19.1. The Bertz CT molecular complexity index is 1510. The number of para-hydroxylation sites is 1. The molecule has 0 saturated heterocycles. The molecule has 1 aromatic carbocycles. The van der Waals surface area contributed by atoms with Crippen LogP contribution >= 0.6 is 0 Å². The van der Waals surface area contributed by atoms with Gasteiger partial charge in [0.1, 0.15) is 29.7 Å². The predicted molar refractivity (Wildman–Crippen MR) is 124 cm³/mol. The van der Waals surface area contributed by atoms with E-state index in [9.17, 15) is 22.8 Å². The monoisotopic (exact) mass is 510 g/mol. The summed E-state index contributed by atoms with van der Waals surface area (Å²) in [4.78, 5) is 13.5. The van der Waals surface area contributed by atoms with Gasteiger partial charge in [0.25, 0.3) is 0 Å². The van der Waals surface area contributed by atoms with Gasteiger partial charge in [0.05, 0.1) is 23.1 Å². The summed E-state index contributed by atoms with van der Waals surface area (Å²) in [5, 5.41) is 25.5. The lowest BCUT2D eigenvalue weighted by Crippen LogP contribution is -2.16. The first-order valence-corrected chi connectivity index (χ1v) is 10.7. The summed E-state index contributed by atoms with van der Waals surface area (Å²) in [6, 6.07) is 8.06. The van der Waals surface area contributed by atoms with E-state index in [0.29, 0.717) is 24.1 Å². The zero-order chi connectivity index (χ0) is 26.7. The molecule has 4 aromatic rings. The van der Waals surface area contributed by atoms with Crippen molar-refractivity contribution >= 4 is 12.2 Å². The molecule has 0 radical (unpaired) electrons. The second-order valence-electron chi connectivity index (χ2n) is 7.71. The van der Waals surface area contributed by atoms with E-state index in [0.717, 1.165) is 12.4 Å². The van der Waals surface area contributed by atoms with Gasteiger partial charge in [-0.3, -0.25) is 5.41 Å². The van der Waals surface area contributed by atoms with Crippen molar-refractivity contribution in [1.29, 1.82) is 10.7 Å². The van der Waals surface area contributed by atoms with Crippen LogP contribution in [-0.2, 0) is 6.18 Å². The molecule has 0 fully saturated rings. The number of H-pyrrole nitrogens is 1. The molecule has 0 aliphatic heterocycles. The summed E-state index contributed by atoms with van der Waals surface area (Å²) in [6.45, 7) is 1.82. The van der Waals surface area contributed by atoms with Crippen molar-refractivity contribution in [2.24, 2.45) is 10.7 Å². The molecule has 188 valence electrons. The van der Waals surface area contributed by atoms with Gasteiger partial charge in [0.2, 0.25) is 5.82 Å². The van der Waals surface area contributed by atoms with Crippen LogP contribution in [-0.4, -0.2) is 42.1 Å². The van der Waals surface area contributed by atoms with E-state index in [1.54, 1.807) is 6.07 Å². The molecule has 14 heteroatoms. The number of benzene rings is 1. The van der Waals surface area contributed by atoms with Crippen molar-refractivity contribution in [3.8, 4) is 22.9 Å². The molecule has 37 heavy (non-hydrogen) atoms. The minimum absolute atomic E-state index is 0.0498. The Morgan fingerprint density at radius 3 is 2.59 bits per heavy atom. The Hall–Kier alpha value is -4.93. The number of nitrogens with zero attached hydrogens (tertiary/aromatic N) is 7. The van der Waals surface area contributed by atoms with Gasteiger partial charge in [-0.1, -0.05) is 24.3 Å². The van der Waals surface area contributed by atoms with Crippen LogP contribution in [0.1, 0.15) is 47.7 Å². The smallest absolute Gasteiger partial charge is 0.382 e. The fourth-order valence-corrected chi connectivity index (χ4v) is 3.87. The molecule has 0 bridgehead atoms. The number of nitrogens with one attached hydrogen (secondary N) is 2. The number of alkyl halides is 3. The molecule has 0 aliphatic rings. The van der Waals surface area contributed by atoms with Gasteiger partial charge in [-0.15, -0.1) is 5.10 Å². The molecule has 0 spiro atoms. The van der Waals surface area contributed by atoms with E-state index >= 15 is 0 Å². The van der Waals surface area contributed by atoms with E-state index in [1.165, 1.54) is 29.1 Å². The molecule has 0 aliphatic carbocycles. The molecule has 4 N–H and O–H groups in total. The van der Waals surface area contributed by atoms with Crippen LogP contribution in [0.4, 0.5) is 17.6 Å². The molecular weight excluding hydrogens is 492 g/mol. The first kappa shape index (κ1) is 25.2. The summed E-state index contributed by atoms with van der Waals surface area (Å²) < 4.78 is 54.5. The Morgan fingerprint density at radius 2 is 2.00 bits per heavy atom. The number of rotatable bonds is 7. The van der Waals surface area contributed by atoms with Crippen LogP contribution in [0.5, 0.6) is 0 Å². The summed E-state index contributed by atoms with van der Waals surface area (Å²) in [5.41, 5.74) is 7.27. The third-order valence-corrected chi connectivity index (χ3v) is 5.52. The highest BCUT2D eigenvalue weighted by Gasteiger charge is 2.35. The molecule has 4 rings (SSSR count). The highest BCUT2D eigenvalue weighted by molar-refractivity contribution is 6.06. The first-order valence-electron chi connectivity index (χ1n) is 10.7. The maximum atomic E-state index is 14.3. The standard InChI is InChI=1S/C23H18F4N10/c1-2-13(16-10-37(36-35-16)17-6-4-3-5-15(17)24)19-14(7-28)18(20(34-19)21(30)33-11-29)12-8-31-22(32-9-12)23(25,26)27/h3-6,8-11,13,34H,2H2,1H3,(H3,29,30,33). The van der Waals surface area contributed by atoms with Crippen LogP contribution in [0.15, 0.2) is 47.8 Å². The van der Waals surface area contributed by atoms with Gasteiger partial charge in [-0.05, 0) is 18.6 Å². The van der Waals surface area contributed by atoms with Crippen molar-refractivity contribution < 1.29 is 17.6 Å². The lowest BCUT2D eigenvalue weighted by Gasteiger charge is -2.11. The number of nitrogens with two attached hydrogens (primary N) is 1. The number of amidine groups is 1. The molecule has 1 unspecified atom stereocenters. The van der Waals surface area contributed by atoms with Crippen molar-refractivity contribution in [3.63, 3.8) is 0 Å². The Kier molecular flexibility index (Phi) is 6.79. The van der Waals surface area contributed by atoms with Crippen LogP contribution in [0.3, 0.4) is 0 Å². The SMILES string of the molecule is CCC(c1cn(-c2ccccc2F)nn1)c1[nH]c(C(N)=NC=N)c(-c2cnc(C(F)(F)F)nc2)c1C#N. The van der Waals surface area contributed by atoms with Crippen LogP contribution in [0, 0.1) is 22.6 Å². The number of aromatic amines is 1. The second-order valence-corrected chi connectivity index (χ2v) is 7.71. The Balaban J connectivity index is 1.87. The average Bonchev–Trinajstić information content (AvgIpc) is 3.50. The largest absolute Gasteiger partial charge is 0.451 e. The highest BCUT2D eigenvalue weighted by Crippen LogP contribution is 2.37. The van der Waals surface area contributed by atoms with Crippen LogP contribution < -0.4 is 5.73 Å². The number of aliphatic imine (C=N–C) groups is 1. The minimum Gasteiger partial charge on any atom is -0.382 e. The normalized spacial score (nSPS) is 12.8. The van der Waals surface area contributed by atoms with Gasteiger partial charge in [0.15, 0.2) is 0 Å². The number of hydrogen-bond donors (Lipinski definition) is 3. The van der Waals surface area contributed by atoms with Crippen LogP contribution in [0.2, 0.25) is 0 Å². The quantitative estimate of drug-likeness (QED) is 0.194. The molecule has 3 heterocycles. The van der Waals surface area contributed by atoms with Gasteiger partial charge >= 0.3 is 6.18 Å². The summed E-state index contributed by atoms with van der Waals surface area (Å²) in [5.74, 6) is -2.60. The number of nitriles is 1. The molecule has 3 aromatic heterocycles. The van der Waals surface area contributed by atoms with Crippen molar-refractivity contribution in [1.82, 2.24) is 29.9 Å². The van der Waals surface area contributed by atoms with Crippen molar-refractivity contribution in [2.75, 3.05) is 0 Å². The summed E-state index contributed by atoms with van der Waals surface area (Å²) in [6.07, 6.45) is -0.271. The summed E-state index contributed by atoms with van der Waals surface area (Å²) in [7, 11) is 0. The lowest BCUT2D eigenvalue weighted by atomic mass is 9.93. The van der Waals surface area contributed by atoms with E-state index in [-0.39, 0.29) is 33.9 Å². The topological polar surface area (TPSA) is 158 Å². The molecule has 0 amide bonds. The number of hydrogen-bond acceptors (Lipinski definition) is 6. The van der Waals surface area contributed by atoms with E-state index in [1.807, 2.05) is 6.92 Å². The number of halogens is 4. The fraction of sp³-hybridized carbons (Fsp3) is 0.174. The molecular formula is C23H18F4N10. The van der Waals surface area contributed by atoms with Gasteiger partial charge < -0.3 is 10.7 Å². The zero-order valence-corrected chi connectivity index (χ0v) is 19.1. The lowest BCUT2D eigenvalue weighted by molar-refractivity contribution is -0.144. The fourth-order valence-electron chi connectivity index (χ4n) is 3.87. The maximum absolute atomic E-state index is 14.3. The van der Waals surface area contributed by atoms with Gasteiger partial charge in [-0.25, -0.2) is 24.0 Å². The average molecular weight is 510 g/mol. The third-order valence-electron chi connectivity index (χ3n) is 5.52. The third kappa shape index (κ3) is 4.79. The van der Waals surface area contributed by atoms with Crippen LogP contribution in [0.25, 0.3) is 16.8 Å². The maximum Gasteiger partial charge on any atom is 0.451 e. The Labute approximate surface area is 207 Å². The Morgan fingerprint density at radius 1 is 1.30 bits per heavy atom. The summed E-state index contributed by atoms with van der Waals surface area (Å²) >= 11 is 0. The molecule has 10 nitrogen and oxygen atoms in total. The first-order chi connectivity index (χ1) is 17.7. The van der Waals surface area contributed by atoms with E-state index < -0.39 is 23.7 Å². The minimum atomic E-state index is -4.75. The van der Waals surface area contributed by atoms with E-state index in [2.05, 4.69) is 36.3 Å². The van der Waals surface area contributed by atoms with E-state index in [4.69, 9.17) is 11.1 Å². The second kappa shape index (κ2) is 9.97. The van der Waals surface area contributed by atoms with Gasteiger partial charge in [0, 0.05) is 35.1 Å². The number of aromatic nitrogens is 6. The van der Waals surface area contributed by atoms with Gasteiger partial charge in [-0.2, -0.15) is 18.4 Å². The van der Waals surface area contributed by atoms with Crippen molar-refractivity contribution in [2.45, 2.75) is 25.4 Å². The molecule has 1 atom stereocenters.